The van der Waals surface area contributed by atoms with Crippen LogP contribution >= 0.6 is 7.82 Å². The van der Waals surface area contributed by atoms with E-state index in [0.29, 0.717) is 12.8 Å². The molecule has 16 heavy (non-hydrogen) atoms. The number of quaternary nitrogens is 1. The number of aliphatic hydroxyl groups excluding tert-OH is 1. The third-order valence-corrected chi connectivity index (χ3v) is 2.97. The lowest BCUT2D eigenvalue weighted by molar-refractivity contribution is -0.385. The molecule has 0 rings (SSSR count). The van der Waals surface area contributed by atoms with E-state index in [2.05, 4.69) is 10.3 Å². The summed E-state index contributed by atoms with van der Waals surface area (Å²) < 4.78 is 20.5. The molecule has 0 saturated carbocycles. The second kappa shape index (κ2) is 9.10. The van der Waals surface area contributed by atoms with Crippen LogP contribution in [0.1, 0.15) is 34.1 Å². The van der Waals surface area contributed by atoms with Crippen molar-refractivity contribution in [1.82, 2.24) is 0 Å². The summed E-state index contributed by atoms with van der Waals surface area (Å²) in [6.45, 7) is 3.56. The fourth-order valence-electron chi connectivity index (χ4n) is 0.911. The van der Waals surface area contributed by atoms with Crippen molar-refractivity contribution in [3.8, 4) is 0 Å². The molecule has 2 unspecified atom stereocenters. The third-order valence-electron chi connectivity index (χ3n) is 1.95. The van der Waals surface area contributed by atoms with E-state index in [9.17, 15) is 9.46 Å². The fraction of sp³-hybridized carbons (Fsp3) is 1.00. The molecule has 0 aromatic carbocycles. The van der Waals surface area contributed by atoms with E-state index in [0.717, 1.165) is 0 Å². The highest BCUT2D eigenvalue weighted by Crippen LogP contribution is 2.40. The van der Waals surface area contributed by atoms with Gasteiger partial charge < -0.3 is 24.8 Å². The van der Waals surface area contributed by atoms with Crippen LogP contribution in [0, 0.1) is 0 Å². The van der Waals surface area contributed by atoms with Crippen LogP contribution in [0.5, 0.6) is 0 Å². The summed E-state index contributed by atoms with van der Waals surface area (Å²) in [7, 11) is -4.29. The number of phosphoric ester groups is 1. The van der Waals surface area contributed by atoms with Crippen molar-refractivity contribution in [3.05, 3.63) is 0 Å². The summed E-state index contributed by atoms with van der Waals surface area (Å²) in [6, 6.07) is 0. The Kier molecular flexibility index (Phi) is 10.5. The summed E-state index contributed by atoms with van der Waals surface area (Å²) in [4.78, 5) is 11.2. The molecule has 0 amide bonds. The van der Waals surface area contributed by atoms with Crippen molar-refractivity contribution in [2.75, 3.05) is 13.2 Å². The number of phosphoric acid groups is 1. The third kappa shape index (κ3) is 8.21. The molecule has 0 bridgehead atoms. The van der Waals surface area contributed by atoms with Crippen LogP contribution in [0.2, 0.25) is 0 Å². The van der Waals surface area contributed by atoms with Crippen molar-refractivity contribution in [1.29, 1.82) is 0 Å². The van der Waals surface area contributed by atoms with Crippen LogP contribution in [-0.4, -0.2) is 30.5 Å². The number of aliphatic hydroxyl groups is 1. The standard InChI is InChI=1S/C8H20NO5P.CH4/c1-3-8(4-2)14-15(11,12)13-6-7(10)5-9;/h7-8,10H,3-6,9H2,1-2H3,(H,11,12);1H4. The van der Waals surface area contributed by atoms with Gasteiger partial charge in [-0.05, 0) is 12.8 Å². The number of rotatable bonds is 8. The average molecular weight is 257 g/mol. The molecule has 0 aromatic rings. The predicted octanol–water partition coefficient (Wildman–Crippen LogP) is -0.0845. The molecule has 0 heterocycles. The molecule has 0 spiro atoms. The highest BCUT2D eigenvalue weighted by atomic mass is 31.2. The Morgan fingerprint density at radius 2 is 1.94 bits per heavy atom. The zero-order valence-corrected chi connectivity index (χ0v) is 10.1. The highest BCUT2D eigenvalue weighted by molar-refractivity contribution is 7.45. The molecule has 0 saturated heterocycles. The SMILES string of the molecule is C.CCC(CC)OP(=O)([O-])OCC(O)C[NH3+]. The van der Waals surface area contributed by atoms with Gasteiger partial charge in [-0.2, -0.15) is 0 Å². The van der Waals surface area contributed by atoms with Gasteiger partial charge in [0.05, 0.1) is 12.7 Å². The molecule has 2 atom stereocenters. The molecular weight excluding hydrogens is 233 g/mol. The summed E-state index contributed by atoms with van der Waals surface area (Å²) in [5, 5.41) is 9.07. The Hall–Kier alpha value is 0.0300. The van der Waals surface area contributed by atoms with Gasteiger partial charge in [-0.1, -0.05) is 21.3 Å². The Labute approximate surface area is 97.4 Å². The van der Waals surface area contributed by atoms with Crippen LogP contribution in [0.3, 0.4) is 0 Å². The predicted molar refractivity (Wildman–Crippen MR) is 59.5 cm³/mol. The fourth-order valence-corrected chi connectivity index (χ4v) is 1.99. The molecule has 0 aliphatic rings. The van der Waals surface area contributed by atoms with E-state index in [1.807, 2.05) is 13.8 Å². The highest BCUT2D eigenvalue weighted by Gasteiger charge is 2.17. The van der Waals surface area contributed by atoms with Gasteiger partial charge >= 0.3 is 0 Å². The Morgan fingerprint density at radius 3 is 2.31 bits per heavy atom. The molecule has 0 aliphatic heterocycles. The zero-order valence-electron chi connectivity index (χ0n) is 9.22. The van der Waals surface area contributed by atoms with Gasteiger partial charge in [0.15, 0.2) is 0 Å². The van der Waals surface area contributed by atoms with Gasteiger partial charge in [0.1, 0.15) is 12.6 Å². The zero-order chi connectivity index (χ0) is 11.9. The van der Waals surface area contributed by atoms with Gasteiger partial charge in [0.25, 0.3) is 7.82 Å². The molecule has 0 aromatic heterocycles. The van der Waals surface area contributed by atoms with Crippen molar-refractivity contribution in [3.63, 3.8) is 0 Å². The summed E-state index contributed by atoms with van der Waals surface area (Å²) in [5.41, 5.74) is 3.42. The molecule has 0 radical (unpaired) electrons. The quantitative estimate of drug-likeness (QED) is 0.591. The van der Waals surface area contributed by atoms with Crippen LogP contribution in [0.4, 0.5) is 0 Å². The van der Waals surface area contributed by atoms with Crippen molar-refractivity contribution < 1.29 is 29.3 Å². The molecule has 100 valence electrons. The van der Waals surface area contributed by atoms with Gasteiger partial charge in [-0.25, -0.2) is 0 Å². The molecule has 0 aliphatic carbocycles. The van der Waals surface area contributed by atoms with E-state index in [4.69, 9.17) is 9.63 Å². The minimum Gasteiger partial charge on any atom is -0.756 e. The summed E-state index contributed by atoms with van der Waals surface area (Å²) >= 11 is 0. The molecular formula is C9H24NO5P. The molecule has 4 N–H and O–H groups in total. The topological polar surface area (TPSA) is 106 Å². The van der Waals surface area contributed by atoms with E-state index >= 15 is 0 Å². The van der Waals surface area contributed by atoms with Crippen LogP contribution < -0.4 is 10.6 Å². The van der Waals surface area contributed by atoms with Gasteiger partial charge in [0.2, 0.25) is 0 Å². The lowest BCUT2D eigenvalue weighted by Gasteiger charge is -2.27. The Balaban J connectivity index is 0. The first-order valence-corrected chi connectivity index (χ1v) is 6.52. The average Bonchev–Trinajstić information content (AvgIpc) is 2.22. The first kappa shape index (κ1) is 18.4. The van der Waals surface area contributed by atoms with Gasteiger partial charge in [-0.3, -0.25) is 4.57 Å². The maximum atomic E-state index is 11.2. The molecule has 6 nitrogen and oxygen atoms in total. The van der Waals surface area contributed by atoms with Gasteiger partial charge in [-0.15, -0.1) is 0 Å². The Bertz CT molecular complexity index is 210. The monoisotopic (exact) mass is 257 g/mol. The smallest absolute Gasteiger partial charge is 0.268 e. The van der Waals surface area contributed by atoms with Crippen molar-refractivity contribution >= 4 is 7.82 Å². The molecule has 0 fully saturated rings. The number of hydrogen-bond donors (Lipinski definition) is 2. The van der Waals surface area contributed by atoms with Crippen molar-refractivity contribution in [2.24, 2.45) is 0 Å². The summed E-state index contributed by atoms with van der Waals surface area (Å²) in [6.07, 6.45) is -0.0312. The second-order valence-corrected chi connectivity index (χ2v) is 4.59. The lowest BCUT2D eigenvalue weighted by Crippen LogP contribution is -2.56. The first-order chi connectivity index (χ1) is 6.95. The van der Waals surface area contributed by atoms with E-state index < -0.39 is 13.9 Å². The Morgan fingerprint density at radius 1 is 1.44 bits per heavy atom. The van der Waals surface area contributed by atoms with Gasteiger partial charge in [0, 0.05) is 0 Å². The lowest BCUT2D eigenvalue weighted by atomic mass is 10.2. The van der Waals surface area contributed by atoms with E-state index in [1.54, 1.807) is 0 Å². The summed E-state index contributed by atoms with van der Waals surface area (Å²) in [5.74, 6) is 0. The molecule has 7 heteroatoms. The normalized spacial score (nSPS) is 16.6. The van der Waals surface area contributed by atoms with Crippen LogP contribution in [0.15, 0.2) is 0 Å². The van der Waals surface area contributed by atoms with Crippen molar-refractivity contribution in [2.45, 2.75) is 46.3 Å². The first-order valence-electron chi connectivity index (χ1n) is 5.06. The van der Waals surface area contributed by atoms with Crippen LogP contribution in [-0.2, 0) is 13.6 Å². The number of hydrogen-bond acceptors (Lipinski definition) is 5. The van der Waals surface area contributed by atoms with E-state index in [1.165, 1.54) is 0 Å². The van der Waals surface area contributed by atoms with Crippen LogP contribution in [0.25, 0.3) is 0 Å². The maximum absolute atomic E-state index is 11.2. The van der Waals surface area contributed by atoms with E-state index in [-0.39, 0.29) is 26.7 Å². The maximum Gasteiger partial charge on any atom is 0.268 e. The minimum absolute atomic E-state index is 0. The second-order valence-electron chi connectivity index (χ2n) is 3.23. The minimum atomic E-state index is -4.29. The largest absolute Gasteiger partial charge is 0.756 e.